The second-order valence-electron chi connectivity index (χ2n) is 3.56. The van der Waals surface area contributed by atoms with Crippen molar-refractivity contribution in [2.45, 2.75) is 44.8 Å². The number of aliphatic hydroxyl groups is 1. The van der Waals surface area contributed by atoms with E-state index in [-0.39, 0.29) is 6.42 Å². The first-order valence-electron chi connectivity index (χ1n) is 5.26. The Balaban J connectivity index is 4.12. The van der Waals surface area contributed by atoms with Gasteiger partial charge in [0.2, 0.25) is 0 Å². The SMILES string of the molecule is CCCCC(O)C[C@@H](NC(=O)OC)C(=O)O. The Morgan fingerprint density at radius 1 is 1.44 bits per heavy atom. The van der Waals surface area contributed by atoms with Gasteiger partial charge < -0.3 is 20.3 Å². The number of aliphatic hydroxyl groups excluding tert-OH is 1. The maximum Gasteiger partial charge on any atom is 0.407 e. The fourth-order valence-electron chi connectivity index (χ4n) is 1.25. The lowest BCUT2D eigenvalue weighted by Gasteiger charge is -2.17. The number of hydrogen-bond donors (Lipinski definition) is 3. The summed E-state index contributed by atoms with van der Waals surface area (Å²) < 4.78 is 4.30. The van der Waals surface area contributed by atoms with Crippen LogP contribution in [-0.4, -0.2) is 41.5 Å². The molecule has 0 aliphatic carbocycles. The Kier molecular flexibility index (Phi) is 7.28. The molecule has 0 saturated heterocycles. The number of unbranched alkanes of at least 4 members (excludes halogenated alkanes) is 1. The van der Waals surface area contributed by atoms with Gasteiger partial charge in [0, 0.05) is 6.42 Å². The summed E-state index contributed by atoms with van der Waals surface area (Å²) in [7, 11) is 1.15. The highest BCUT2D eigenvalue weighted by Crippen LogP contribution is 2.07. The van der Waals surface area contributed by atoms with E-state index in [1.165, 1.54) is 0 Å². The topological polar surface area (TPSA) is 95.9 Å². The van der Waals surface area contributed by atoms with E-state index in [0.29, 0.717) is 6.42 Å². The number of alkyl carbamates (subject to hydrolysis) is 1. The van der Waals surface area contributed by atoms with Crippen LogP contribution < -0.4 is 5.32 Å². The van der Waals surface area contributed by atoms with E-state index in [1.54, 1.807) is 0 Å². The van der Waals surface area contributed by atoms with Crippen molar-refractivity contribution in [1.82, 2.24) is 5.32 Å². The zero-order valence-corrected chi connectivity index (χ0v) is 9.60. The van der Waals surface area contributed by atoms with Crippen LogP contribution in [0.25, 0.3) is 0 Å². The number of hydrogen-bond acceptors (Lipinski definition) is 4. The van der Waals surface area contributed by atoms with Crippen molar-refractivity contribution in [2.24, 2.45) is 0 Å². The molecule has 1 unspecified atom stereocenters. The van der Waals surface area contributed by atoms with Gasteiger partial charge in [-0.15, -0.1) is 0 Å². The number of ether oxygens (including phenoxy) is 1. The maximum atomic E-state index is 10.8. The second kappa shape index (κ2) is 7.92. The molecule has 0 saturated carbocycles. The van der Waals surface area contributed by atoms with E-state index in [2.05, 4.69) is 10.1 Å². The number of carbonyl (C=O) groups excluding carboxylic acids is 1. The Morgan fingerprint density at radius 2 is 2.06 bits per heavy atom. The lowest BCUT2D eigenvalue weighted by atomic mass is 10.0. The first kappa shape index (κ1) is 14.7. The summed E-state index contributed by atoms with van der Waals surface area (Å²) in [5.74, 6) is -1.18. The molecule has 2 atom stereocenters. The summed E-state index contributed by atoms with van der Waals surface area (Å²) in [5.41, 5.74) is 0. The van der Waals surface area contributed by atoms with E-state index < -0.39 is 24.2 Å². The van der Waals surface area contributed by atoms with Gasteiger partial charge in [-0.05, 0) is 6.42 Å². The van der Waals surface area contributed by atoms with Crippen LogP contribution in [0.4, 0.5) is 4.79 Å². The summed E-state index contributed by atoms with van der Waals surface area (Å²) in [4.78, 5) is 21.6. The Hall–Kier alpha value is -1.30. The van der Waals surface area contributed by atoms with Gasteiger partial charge in [-0.2, -0.15) is 0 Å². The standard InChI is InChI=1S/C10H19NO5/c1-3-4-5-7(12)6-8(9(13)14)11-10(15)16-2/h7-8,12H,3-6H2,1-2H3,(H,11,15)(H,13,14)/t7?,8-/m1/s1. The number of aliphatic carboxylic acids is 1. The third-order valence-corrected chi connectivity index (χ3v) is 2.17. The third kappa shape index (κ3) is 6.23. The van der Waals surface area contributed by atoms with Crippen molar-refractivity contribution in [2.75, 3.05) is 7.11 Å². The van der Waals surface area contributed by atoms with Crippen molar-refractivity contribution in [3.05, 3.63) is 0 Å². The van der Waals surface area contributed by atoms with Crippen LogP contribution in [0.2, 0.25) is 0 Å². The average Bonchev–Trinajstić information content (AvgIpc) is 2.24. The molecule has 16 heavy (non-hydrogen) atoms. The molecular formula is C10H19NO5. The molecular weight excluding hydrogens is 214 g/mol. The minimum Gasteiger partial charge on any atom is -0.480 e. The molecule has 0 radical (unpaired) electrons. The number of carboxylic acids is 1. The van der Waals surface area contributed by atoms with Crippen molar-refractivity contribution < 1.29 is 24.5 Å². The van der Waals surface area contributed by atoms with Crippen LogP contribution in [0, 0.1) is 0 Å². The first-order chi connectivity index (χ1) is 7.51. The molecule has 0 bridgehead atoms. The van der Waals surface area contributed by atoms with Gasteiger partial charge in [-0.1, -0.05) is 19.8 Å². The molecule has 6 nitrogen and oxygen atoms in total. The molecule has 0 aliphatic heterocycles. The zero-order valence-electron chi connectivity index (χ0n) is 9.60. The van der Waals surface area contributed by atoms with Gasteiger partial charge in [0.1, 0.15) is 6.04 Å². The lowest BCUT2D eigenvalue weighted by molar-refractivity contribution is -0.140. The van der Waals surface area contributed by atoms with Crippen LogP contribution in [0.15, 0.2) is 0 Å². The molecule has 0 heterocycles. The lowest BCUT2D eigenvalue weighted by Crippen LogP contribution is -2.42. The minimum atomic E-state index is -1.18. The highest BCUT2D eigenvalue weighted by atomic mass is 16.5. The highest BCUT2D eigenvalue weighted by molar-refractivity contribution is 5.79. The number of rotatable bonds is 7. The van der Waals surface area contributed by atoms with Gasteiger partial charge in [0.05, 0.1) is 13.2 Å². The summed E-state index contributed by atoms with van der Waals surface area (Å²) >= 11 is 0. The number of carboxylic acid groups (broad SMARTS) is 1. The summed E-state index contributed by atoms with van der Waals surface area (Å²) in [6, 6.07) is -1.11. The quantitative estimate of drug-likeness (QED) is 0.602. The first-order valence-corrected chi connectivity index (χ1v) is 5.26. The van der Waals surface area contributed by atoms with E-state index >= 15 is 0 Å². The molecule has 94 valence electrons. The minimum absolute atomic E-state index is 0.00949. The molecule has 0 rings (SSSR count). The predicted molar refractivity (Wildman–Crippen MR) is 57.1 cm³/mol. The molecule has 1 amide bonds. The van der Waals surface area contributed by atoms with Gasteiger partial charge in [0.15, 0.2) is 0 Å². The number of methoxy groups -OCH3 is 1. The highest BCUT2D eigenvalue weighted by Gasteiger charge is 2.23. The Bertz CT molecular complexity index is 231. The van der Waals surface area contributed by atoms with Crippen LogP contribution >= 0.6 is 0 Å². The van der Waals surface area contributed by atoms with Crippen LogP contribution in [0.1, 0.15) is 32.6 Å². The fraction of sp³-hybridized carbons (Fsp3) is 0.800. The van der Waals surface area contributed by atoms with Crippen LogP contribution in [0.3, 0.4) is 0 Å². The van der Waals surface area contributed by atoms with E-state index in [9.17, 15) is 14.7 Å². The van der Waals surface area contributed by atoms with Gasteiger partial charge in [-0.3, -0.25) is 0 Å². The van der Waals surface area contributed by atoms with Crippen molar-refractivity contribution in [3.8, 4) is 0 Å². The molecule has 0 aromatic heterocycles. The fourth-order valence-corrected chi connectivity index (χ4v) is 1.25. The monoisotopic (exact) mass is 233 g/mol. The van der Waals surface area contributed by atoms with Crippen molar-refractivity contribution >= 4 is 12.1 Å². The molecule has 0 aliphatic rings. The van der Waals surface area contributed by atoms with E-state index in [4.69, 9.17) is 5.11 Å². The molecule has 0 fully saturated rings. The maximum absolute atomic E-state index is 10.8. The van der Waals surface area contributed by atoms with Crippen LogP contribution in [0.5, 0.6) is 0 Å². The Morgan fingerprint density at radius 3 is 2.50 bits per heavy atom. The average molecular weight is 233 g/mol. The summed E-state index contributed by atoms with van der Waals surface area (Å²) in [5, 5.41) is 20.5. The van der Waals surface area contributed by atoms with Crippen molar-refractivity contribution in [3.63, 3.8) is 0 Å². The molecule has 0 aromatic carbocycles. The second-order valence-corrected chi connectivity index (χ2v) is 3.56. The van der Waals surface area contributed by atoms with Gasteiger partial charge >= 0.3 is 12.1 Å². The normalized spacial score (nSPS) is 13.9. The number of carbonyl (C=O) groups is 2. The predicted octanol–water partition coefficient (Wildman–Crippen LogP) is 0.737. The molecule has 3 N–H and O–H groups in total. The zero-order chi connectivity index (χ0) is 12.6. The third-order valence-electron chi connectivity index (χ3n) is 2.17. The van der Waals surface area contributed by atoms with E-state index in [1.807, 2.05) is 6.92 Å². The number of nitrogens with one attached hydrogen (secondary N) is 1. The summed E-state index contributed by atoms with van der Waals surface area (Å²) in [6.45, 7) is 1.98. The smallest absolute Gasteiger partial charge is 0.407 e. The van der Waals surface area contributed by atoms with Crippen LogP contribution in [-0.2, 0) is 9.53 Å². The van der Waals surface area contributed by atoms with Gasteiger partial charge in [-0.25, -0.2) is 9.59 Å². The number of amides is 1. The Labute approximate surface area is 94.6 Å². The van der Waals surface area contributed by atoms with E-state index in [0.717, 1.165) is 20.0 Å². The largest absolute Gasteiger partial charge is 0.480 e. The van der Waals surface area contributed by atoms with Crippen molar-refractivity contribution in [1.29, 1.82) is 0 Å². The van der Waals surface area contributed by atoms with Gasteiger partial charge in [0.25, 0.3) is 0 Å². The summed E-state index contributed by atoms with van der Waals surface area (Å²) in [6.07, 6.45) is 0.742. The molecule has 0 aromatic rings. The molecule has 0 spiro atoms. The molecule has 6 heteroatoms.